The van der Waals surface area contributed by atoms with Gasteiger partial charge in [-0.3, -0.25) is 4.79 Å². The van der Waals surface area contributed by atoms with Gasteiger partial charge >= 0.3 is 5.97 Å². The number of carbonyl (C=O) groups excluding carboxylic acids is 1. The Morgan fingerprint density at radius 2 is 2.19 bits per heavy atom. The summed E-state index contributed by atoms with van der Waals surface area (Å²) >= 11 is 0. The molecular formula is C12H22N2O2. The first-order chi connectivity index (χ1) is 7.72. The second-order valence-electron chi connectivity index (χ2n) is 5.10. The van der Waals surface area contributed by atoms with E-state index in [1.165, 1.54) is 20.0 Å². The number of piperidine rings is 1. The van der Waals surface area contributed by atoms with Gasteiger partial charge in [0.1, 0.15) is 0 Å². The number of nitrogens with zero attached hydrogens (tertiary/aromatic N) is 1. The second kappa shape index (κ2) is 5.15. The van der Waals surface area contributed by atoms with Crippen molar-refractivity contribution in [3.63, 3.8) is 0 Å². The Kier molecular flexibility index (Phi) is 3.82. The van der Waals surface area contributed by atoms with Gasteiger partial charge in [0.25, 0.3) is 0 Å². The molecular weight excluding hydrogens is 204 g/mol. The molecule has 92 valence electrons. The van der Waals surface area contributed by atoms with E-state index in [1.54, 1.807) is 0 Å². The Morgan fingerprint density at radius 1 is 1.44 bits per heavy atom. The molecule has 1 saturated carbocycles. The van der Waals surface area contributed by atoms with Gasteiger partial charge in [-0.1, -0.05) is 0 Å². The summed E-state index contributed by atoms with van der Waals surface area (Å²) in [4.78, 5) is 14.0. The van der Waals surface area contributed by atoms with E-state index in [0.29, 0.717) is 6.04 Å². The van der Waals surface area contributed by atoms with Crippen LogP contribution in [0, 0.1) is 11.8 Å². The molecule has 4 nitrogen and oxygen atoms in total. The number of likely N-dealkylation sites (N-methyl/N-ethyl adjacent to an activating group) is 1. The van der Waals surface area contributed by atoms with Crippen LogP contribution in [-0.2, 0) is 9.53 Å². The Labute approximate surface area is 97.3 Å². The summed E-state index contributed by atoms with van der Waals surface area (Å²) in [5, 5.41) is 3.29. The van der Waals surface area contributed by atoms with E-state index in [2.05, 4.69) is 10.2 Å². The van der Waals surface area contributed by atoms with Crippen molar-refractivity contribution in [2.24, 2.45) is 11.8 Å². The molecule has 0 aromatic rings. The summed E-state index contributed by atoms with van der Waals surface area (Å²) in [5.74, 6) is 0.879. The summed E-state index contributed by atoms with van der Waals surface area (Å²) < 4.78 is 4.86. The lowest BCUT2D eigenvalue weighted by Crippen LogP contribution is -2.50. The zero-order valence-corrected chi connectivity index (χ0v) is 10.2. The molecule has 2 atom stereocenters. The van der Waals surface area contributed by atoms with Crippen molar-refractivity contribution in [1.82, 2.24) is 10.2 Å². The maximum Gasteiger partial charge on any atom is 0.310 e. The molecule has 16 heavy (non-hydrogen) atoms. The molecule has 0 amide bonds. The average molecular weight is 226 g/mol. The standard InChI is InChI=1S/C12H22N2O2/c1-13-11-5-10(12(15)16-2)7-14(8-11)6-9-3-4-9/h9-11,13H,3-8H2,1-2H3. The van der Waals surface area contributed by atoms with Crippen LogP contribution in [0.3, 0.4) is 0 Å². The summed E-state index contributed by atoms with van der Waals surface area (Å²) in [6.45, 7) is 3.10. The minimum Gasteiger partial charge on any atom is -0.469 e. The van der Waals surface area contributed by atoms with Crippen molar-refractivity contribution in [3.05, 3.63) is 0 Å². The van der Waals surface area contributed by atoms with Gasteiger partial charge in [-0.05, 0) is 32.2 Å². The highest BCUT2D eigenvalue weighted by molar-refractivity contribution is 5.72. The molecule has 1 aliphatic heterocycles. The SMILES string of the molecule is CNC1CC(C(=O)OC)CN(CC2CC2)C1. The van der Waals surface area contributed by atoms with E-state index in [4.69, 9.17) is 4.74 Å². The van der Waals surface area contributed by atoms with E-state index >= 15 is 0 Å². The van der Waals surface area contributed by atoms with Crippen molar-refractivity contribution in [2.45, 2.75) is 25.3 Å². The molecule has 0 radical (unpaired) electrons. The van der Waals surface area contributed by atoms with Crippen LogP contribution in [0.15, 0.2) is 0 Å². The van der Waals surface area contributed by atoms with Gasteiger partial charge in [0, 0.05) is 25.7 Å². The fourth-order valence-corrected chi connectivity index (χ4v) is 2.55. The third-order valence-corrected chi connectivity index (χ3v) is 3.68. The van der Waals surface area contributed by atoms with Gasteiger partial charge in [-0.2, -0.15) is 0 Å². The molecule has 2 fully saturated rings. The monoisotopic (exact) mass is 226 g/mol. The van der Waals surface area contributed by atoms with Crippen LogP contribution in [0.2, 0.25) is 0 Å². The quantitative estimate of drug-likeness (QED) is 0.708. The van der Waals surface area contributed by atoms with Crippen LogP contribution < -0.4 is 5.32 Å². The Morgan fingerprint density at radius 3 is 2.75 bits per heavy atom. The predicted molar refractivity (Wildman–Crippen MR) is 62.1 cm³/mol. The minimum absolute atomic E-state index is 0.0509. The van der Waals surface area contributed by atoms with Crippen LogP contribution in [0.4, 0.5) is 0 Å². The molecule has 0 aromatic heterocycles. The Hall–Kier alpha value is -0.610. The molecule has 2 unspecified atom stereocenters. The van der Waals surface area contributed by atoms with Crippen LogP contribution in [0.1, 0.15) is 19.3 Å². The molecule has 1 saturated heterocycles. The fraction of sp³-hybridized carbons (Fsp3) is 0.917. The normalized spacial score (nSPS) is 31.4. The number of rotatable bonds is 4. The van der Waals surface area contributed by atoms with Crippen molar-refractivity contribution < 1.29 is 9.53 Å². The number of ether oxygens (including phenoxy) is 1. The average Bonchev–Trinajstić information content (AvgIpc) is 3.11. The number of hydrogen-bond donors (Lipinski definition) is 1. The van der Waals surface area contributed by atoms with Crippen molar-refractivity contribution in [1.29, 1.82) is 0 Å². The van der Waals surface area contributed by atoms with E-state index in [0.717, 1.165) is 32.0 Å². The summed E-state index contributed by atoms with van der Waals surface area (Å²) in [6, 6.07) is 0.427. The Balaban J connectivity index is 1.90. The molecule has 0 bridgehead atoms. The largest absolute Gasteiger partial charge is 0.469 e. The summed E-state index contributed by atoms with van der Waals surface area (Å²) in [7, 11) is 3.45. The van der Waals surface area contributed by atoms with Gasteiger partial charge in [0.05, 0.1) is 13.0 Å². The van der Waals surface area contributed by atoms with Gasteiger partial charge in [0.15, 0.2) is 0 Å². The molecule has 2 rings (SSSR count). The highest BCUT2D eigenvalue weighted by atomic mass is 16.5. The number of hydrogen-bond acceptors (Lipinski definition) is 4. The first kappa shape index (κ1) is 11.9. The smallest absolute Gasteiger partial charge is 0.310 e. The van der Waals surface area contributed by atoms with Gasteiger partial charge in [0.2, 0.25) is 0 Å². The van der Waals surface area contributed by atoms with Crippen LogP contribution in [-0.4, -0.2) is 50.7 Å². The van der Waals surface area contributed by atoms with E-state index in [-0.39, 0.29) is 11.9 Å². The van der Waals surface area contributed by atoms with E-state index in [9.17, 15) is 4.79 Å². The van der Waals surface area contributed by atoms with Gasteiger partial charge < -0.3 is 15.0 Å². The number of esters is 1. The molecule has 1 heterocycles. The first-order valence-electron chi connectivity index (χ1n) is 6.20. The lowest BCUT2D eigenvalue weighted by Gasteiger charge is -2.36. The summed E-state index contributed by atoms with van der Waals surface area (Å²) in [5.41, 5.74) is 0. The first-order valence-corrected chi connectivity index (χ1v) is 6.20. The fourth-order valence-electron chi connectivity index (χ4n) is 2.55. The number of methoxy groups -OCH3 is 1. The maximum atomic E-state index is 11.6. The highest BCUT2D eigenvalue weighted by Gasteiger charge is 2.34. The lowest BCUT2D eigenvalue weighted by molar-refractivity contribution is -0.147. The topological polar surface area (TPSA) is 41.6 Å². The highest BCUT2D eigenvalue weighted by Crippen LogP contribution is 2.31. The molecule has 0 aromatic carbocycles. The minimum atomic E-state index is -0.0549. The third-order valence-electron chi connectivity index (χ3n) is 3.68. The molecule has 0 spiro atoms. The number of carbonyl (C=O) groups is 1. The number of likely N-dealkylation sites (tertiary alicyclic amines) is 1. The zero-order valence-electron chi connectivity index (χ0n) is 10.2. The third kappa shape index (κ3) is 2.95. The lowest BCUT2D eigenvalue weighted by atomic mass is 9.94. The molecule has 1 N–H and O–H groups in total. The molecule has 1 aliphatic carbocycles. The second-order valence-corrected chi connectivity index (χ2v) is 5.10. The zero-order chi connectivity index (χ0) is 11.5. The van der Waals surface area contributed by atoms with E-state index in [1.807, 2.05) is 7.05 Å². The van der Waals surface area contributed by atoms with Crippen molar-refractivity contribution in [3.8, 4) is 0 Å². The van der Waals surface area contributed by atoms with Gasteiger partial charge in [-0.25, -0.2) is 0 Å². The molecule has 4 heteroatoms. The van der Waals surface area contributed by atoms with Crippen LogP contribution >= 0.6 is 0 Å². The van der Waals surface area contributed by atoms with Gasteiger partial charge in [-0.15, -0.1) is 0 Å². The van der Waals surface area contributed by atoms with Crippen molar-refractivity contribution in [2.75, 3.05) is 33.8 Å². The summed E-state index contributed by atoms with van der Waals surface area (Å²) in [6.07, 6.45) is 3.64. The van der Waals surface area contributed by atoms with E-state index < -0.39 is 0 Å². The molecule has 2 aliphatic rings. The maximum absolute atomic E-state index is 11.6. The van der Waals surface area contributed by atoms with Crippen molar-refractivity contribution >= 4 is 5.97 Å². The van der Waals surface area contributed by atoms with Crippen LogP contribution in [0.25, 0.3) is 0 Å². The predicted octanol–water partition coefficient (Wildman–Crippen LogP) is 0.479. The van der Waals surface area contributed by atoms with Crippen LogP contribution in [0.5, 0.6) is 0 Å². The Bertz CT molecular complexity index is 253. The number of nitrogens with one attached hydrogen (secondary N) is 1.